The van der Waals surface area contributed by atoms with Gasteiger partial charge in [-0.3, -0.25) is 14.4 Å². The molecule has 1 N–H and O–H groups in total. The highest BCUT2D eigenvalue weighted by Crippen LogP contribution is 2.44. The average molecular weight is 362 g/mol. The fourth-order valence-electron chi connectivity index (χ4n) is 3.86. The number of hydrogen-bond donors (Lipinski definition) is 1. The molecule has 0 spiro atoms. The standard InChI is InChI=1S/C22H22N2O3/c1-13-11-16-5-3-4-6-20(16)24(13)22(27)19-12-18(19)21(26)23-17-9-7-15(8-10-17)14(2)25/h3-10,13,18-19H,11-12H2,1-2H3,(H,23,26). The molecule has 0 bridgehead atoms. The van der Waals surface area contributed by atoms with Crippen molar-refractivity contribution in [3.63, 3.8) is 0 Å². The number of carbonyl (C=O) groups is 3. The largest absolute Gasteiger partial charge is 0.326 e. The minimum absolute atomic E-state index is 0.0132. The van der Waals surface area contributed by atoms with Crippen molar-refractivity contribution in [1.29, 1.82) is 0 Å². The monoisotopic (exact) mass is 362 g/mol. The van der Waals surface area contributed by atoms with Gasteiger partial charge in [-0.05, 0) is 62.6 Å². The first-order chi connectivity index (χ1) is 13.0. The number of amides is 2. The van der Waals surface area contributed by atoms with E-state index in [1.807, 2.05) is 30.0 Å². The van der Waals surface area contributed by atoms with Crippen molar-refractivity contribution in [3.05, 3.63) is 59.7 Å². The molecule has 138 valence electrons. The van der Waals surface area contributed by atoms with E-state index in [0.717, 1.165) is 12.1 Å². The molecule has 0 aromatic heterocycles. The van der Waals surface area contributed by atoms with Gasteiger partial charge in [0.15, 0.2) is 5.78 Å². The summed E-state index contributed by atoms with van der Waals surface area (Å²) in [6.45, 7) is 3.55. The van der Waals surface area contributed by atoms with Crippen molar-refractivity contribution >= 4 is 29.0 Å². The van der Waals surface area contributed by atoms with Crippen LogP contribution in [0.4, 0.5) is 11.4 Å². The van der Waals surface area contributed by atoms with Crippen LogP contribution in [0, 0.1) is 11.8 Å². The predicted molar refractivity (Wildman–Crippen MR) is 104 cm³/mol. The third-order valence-corrected chi connectivity index (χ3v) is 5.45. The van der Waals surface area contributed by atoms with Gasteiger partial charge in [-0.25, -0.2) is 0 Å². The van der Waals surface area contributed by atoms with Crippen LogP contribution < -0.4 is 10.2 Å². The van der Waals surface area contributed by atoms with E-state index in [2.05, 4.69) is 11.4 Å². The van der Waals surface area contributed by atoms with E-state index >= 15 is 0 Å². The van der Waals surface area contributed by atoms with Gasteiger partial charge < -0.3 is 10.2 Å². The zero-order valence-electron chi connectivity index (χ0n) is 15.4. The summed E-state index contributed by atoms with van der Waals surface area (Å²) < 4.78 is 0. The number of benzene rings is 2. The first kappa shape index (κ1) is 17.5. The number of hydrogen-bond acceptors (Lipinski definition) is 3. The lowest BCUT2D eigenvalue weighted by molar-refractivity contribution is -0.123. The maximum atomic E-state index is 13.0. The minimum Gasteiger partial charge on any atom is -0.326 e. The van der Waals surface area contributed by atoms with Crippen LogP contribution in [0.25, 0.3) is 0 Å². The van der Waals surface area contributed by atoms with Crippen LogP contribution in [0.1, 0.15) is 36.2 Å². The number of ketones is 1. The van der Waals surface area contributed by atoms with E-state index in [-0.39, 0.29) is 35.5 Å². The lowest BCUT2D eigenvalue weighted by atomic mass is 10.1. The van der Waals surface area contributed by atoms with Crippen molar-refractivity contribution in [2.45, 2.75) is 32.7 Å². The first-order valence-corrected chi connectivity index (χ1v) is 9.28. The molecule has 5 heteroatoms. The molecule has 1 aliphatic carbocycles. The summed E-state index contributed by atoms with van der Waals surface area (Å²) in [5.74, 6) is -0.649. The topological polar surface area (TPSA) is 66.5 Å². The molecule has 1 heterocycles. The molecular weight excluding hydrogens is 340 g/mol. The first-order valence-electron chi connectivity index (χ1n) is 9.28. The number of fused-ring (bicyclic) bond motifs is 1. The molecule has 2 amide bonds. The molecule has 0 radical (unpaired) electrons. The van der Waals surface area contributed by atoms with Crippen LogP contribution in [0.15, 0.2) is 48.5 Å². The van der Waals surface area contributed by atoms with E-state index in [4.69, 9.17) is 0 Å². The lowest BCUT2D eigenvalue weighted by Gasteiger charge is -2.23. The molecule has 2 aromatic carbocycles. The molecule has 2 aliphatic rings. The van der Waals surface area contributed by atoms with E-state index in [0.29, 0.717) is 17.7 Å². The molecule has 0 saturated heterocycles. The van der Waals surface area contributed by atoms with Gasteiger partial charge in [0.2, 0.25) is 11.8 Å². The van der Waals surface area contributed by atoms with E-state index in [1.165, 1.54) is 12.5 Å². The van der Waals surface area contributed by atoms with Gasteiger partial charge in [-0.1, -0.05) is 18.2 Å². The van der Waals surface area contributed by atoms with E-state index < -0.39 is 0 Å². The molecule has 2 aromatic rings. The second kappa shape index (κ2) is 6.65. The van der Waals surface area contributed by atoms with Crippen molar-refractivity contribution in [2.75, 3.05) is 10.2 Å². The van der Waals surface area contributed by atoms with Crippen molar-refractivity contribution < 1.29 is 14.4 Å². The van der Waals surface area contributed by atoms with Gasteiger partial charge in [0, 0.05) is 23.0 Å². The summed E-state index contributed by atoms with van der Waals surface area (Å²) in [6, 6.07) is 14.9. The molecule has 3 unspecified atom stereocenters. The summed E-state index contributed by atoms with van der Waals surface area (Å²) in [6.07, 6.45) is 1.44. The molecular formula is C22H22N2O3. The van der Waals surface area contributed by atoms with Crippen LogP contribution in [-0.2, 0) is 16.0 Å². The Morgan fingerprint density at radius 3 is 2.41 bits per heavy atom. The van der Waals surface area contributed by atoms with Crippen molar-refractivity contribution in [3.8, 4) is 0 Å². The highest BCUT2D eigenvalue weighted by Gasteiger charge is 2.51. The summed E-state index contributed by atoms with van der Waals surface area (Å²) in [5, 5.41) is 2.85. The van der Waals surface area contributed by atoms with Gasteiger partial charge >= 0.3 is 0 Å². The van der Waals surface area contributed by atoms with Crippen molar-refractivity contribution in [1.82, 2.24) is 0 Å². The molecule has 3 atom stereocenters. The Labute approximate surface area is 158 Å². The van der Waals surface area contributed by atoms with Crippen LogP contribution in [-0.4, -0.2) is 23.6 Å². The zero-order valence-corrected chi connectivity index (χ0v) is 15.4. The molecule has 1 fully saturated rings. The summed E-state index contributed by atoms with van der Waals surface area (Å²) in [4.78, 5) is 38.7. The van der Waals surface area contributed by atoms with Crippen molar-refractivity contribution in [2.24, 2.45) is 11.8 Å². The molecule has 5 nitrogen and oxygen atoms in total. The van der Waals surface area contributed by atoms with Gasteiger partial charge in [0.1, 0.15) is 0 Å². The van der Waals surface area contributed by atoms with E-state index in [1.54, 1.807) is 24.3 Å². The van der Waals surface area contributed by atoms with Gasteiger partial charge in [0.05, 0.1) is 11.8 Å². The number of rotatable bonds is 4. The van der Waals surface area contributed by atoms with Gasteiger partial charge in [-0.15, -0.1) is 0 Å². The molecule has 1 saturated carbocycles. The minimum atomic E-state index is -0.287. The Hall–Kier alpha value is -2.95. The van der Waals surface area contributed by atoms with Gasteiger partial charge in [0.25, 0.3) is 0 Å². The quantitative estimate of drug-likeness (QED) is 0.847. The second-order valence-electron chi connectivity index (χ2n) is 7.46. The normalized spacial score (nSPS) is 22.9. The number of nitrogens with one attached hydrogen (secondary N) is 1. The smallest absolute Gasteiger partial charge is 0.231 e. The number of anilines is 2. The lowest BCUT2D eigenvalue weighted by Crippen LogP contribution is -2.37. The number of Topliss-reactive ketones (excluding diaryl/α,β-unsaturated/α-hetero) is 1. The van der Waals surface area contributed by atoms with Crippen LogP contribution in [0.2, 0.25) is 0 Å². The number of nitrogens with zero attached hydrogens (tertiary/aromatic N) is 1. The Kier molecular flexibility index (Phi) is 4.30. The highest BCUT2D eigenvalue weighted by atomic mass is 16.2. The number of carbonyl (C=O) groups excluding carboxylic acids is 3. The Morgan fingerprint density at radius 1 is 1.00 bits per heavy atom. The summed E-state index contributed by atoms with van der Waals surface area (Å²) >= 11 is 0. The Morgan fingerprint density at radius 2 is 1.70 bits per heavy atom. The van der Waals surface area contributed by atoms with Crippen LogP contribution >= 0.6 is 0 Å². The third kappa shape index (κ3) is 3.25. The van der Waals surface area contributed by atoms with Gasteiger partial charge in [-0.2, -0.15) is 0 Å². The summed E-state index contributed by atoms with van der Waals surface area (Å²) in [5.41, 5.74) is 3.41. The Bertz CT molecular complexity index is 919. The zero-order chi connectivity index (χ0) is 19.1. The fourth-order valence-corrected chi connectivity index (χ4v) is 3.86. The maximum Gasteiger partial charge on any atom is 0.231 e. The second-order valence-corrected chi connectivity index (χ2v) is 7.46. The molecule has 1 aliphatic heterocycles. The molecule has 4 rings (SSSR count). The SMILES string of the molecule is CC(=O)c1ccc(NC(=O)C2CC2C(=O)N2c3ccccc3CC2C)cc1. The number of para-hydroxylation sites is 1. The maximum absolute atomic E-state index is 13.0. The highest BCUT2D eigenvalue weighted by molar-refractivity contribution is 6.05. The predicted octanol–water partition coefficient (Wildman–Crippen LogP) is 3.44. The average Bonchev–Trinajstić information content (AvgIpc) is 3.38. The van der Waals surface area contributed by atoms with E-state index in [9.17, 15) is 14.4 Å². The molecule has 27 heavy (non-hydrogen) atoms. The van der Waals surface area contributed by atoms with Crippen LogP contribution in [0.3, 0.4) is 0 Å². The van der Waals surface area contributed by atoms with Crippen LogP contribution in [0.5, 0.6) is 0 Å². The Balaban J connectivity index is 1.41. The fraction of sp³-hybridized carbons (Fsp3) is 0.318. The third-order valence-electron chi connectivity index (χ3n) is 5.45. The summed E-state index contributed by atoms with van der Waals surface area (Å²) in [7, 11) is 0.